The van der Waals surface area contributed by atoms with Crippen molar-refractivity contribution in [2.45, 2.75) is 25.9 Å². The highest BCUT2D eigenvalue weighted by molar-refractivity contribution is 7.99. The van der Waals surface area contributed by atoms with Crippen LogP contribution in [0.3, 0.4) is 0 Å². The maximum absolute atomic E-state index is 12.6. The summed E-state index contributed by atoms with van der Waals surface area (Å²) in [6.45, 7) is 6.13. The molecule has 0 atom stereocenters. The highest BCUT2D eigenvalue weighted by Crippen LogP contribution is 2.28. The molecule has 2 aromatic heterocycles. The van der Waals surface area contributed by atoms with Crippen LogP contribution in [0.5, 0.6) is 0 Å². The Bertz CT molecular complexity index is 1200. The van der Waals surface area contributed by atoms with Crippen LogP contribution in [0.4, 0.5) is 5.69 Å². The van der Waals surface area contributed by atoms with Crippen LogP contribution >= 0.6 is 11.8 Å². The molecule has 0 radical (unpaired) electrons. The number of pyridine rings is 1. The Labute approximate surface area is 185 Å². The van der Waals surface area contributed by atoms with Gasteiger partial charge in [-0.25, -0.2) is 0 Å². The van der Waals surface area contributed by atoms with Crippen LogP contribution in [-0.2, 0) is 4.79 Å². The molecule has 0 aliphatic heterocycles. The standard InChI is InChI=1S/C24H23N5OS/c1-16-6-10-21(11-7-16)29-23(19-5-4-12-25-14-19)27-28-24(29)31-15-22(30)26-20-9-8-17(2)18(3)13-20/h4-14H,15H2,1-3H3,(H,26,30). The molecule has 4 rings (SSSR count). The second-order valence-electron chi connectivity index (χ2n) is 7.35. The van der Waals surface area contributed by atoms with Gasteiger partial charge in [-0.1, -0.05) is 35.5 Å². The van der Waals surface area contributed by atoms with Gasteiger partial charge in [-0.05, 0) is 68.3 Å². The largest absolute Gasteiger partial charge is 0.325 e. The molecule has 1 N–H and O–H groups in total. The van der Waals surface area contributed by atoms with Crippen LogP contribution < -0.4 is 5.32 Å². The maximum Gasteiger partial charge on any atom is 0.234 e. The second kappa shape index (κ2) is 9.14. The van der Waals surface area contributed by atoms with E-state index < -0.39 is 0 Å². The molecule has 156 valence electrons. The minimum absolute atomic E-state index is 0.0883. The number of anilines is 1. The molecule has 0 spiro atoms. The van der Waals surface area contributed by atoms with E-state index in [1.807, 2.05) is 73.0 Å². The zero-order valence-electron chi connectivity index (χ0n) is 17.7. The van der Waals surface area contributed by atoms with Crippen LogP contribution in [-0.4, -0.2) is 31.4 Å². The number of hydrogen-bond donors (Lipinski definition) is 1. The third kappa shape index (κ3) is 4.83. The number of aromatic nitrogens is 4. The van der Waals surface area contributed by atoms with Gasteiger partial charge in [-0.3, -0.25) is 14.3 Å². The number of carbonyl (C=O) groups is 1. The Morgan fingerprint density at radius 3 is 2.52 bits per heavy atom. The summed E-state index contributed by atoms with van der Waals surface area (Å²) in [6.07, 6.45) is 3.48. The van der Waals surface area contributed by atoms with E-state index in [2.05, 4.69) is 27.4 Å². The van der Waals surface area contributed by atoms with Crippen LogP contribution in [0.25, 0.3) is 17.1 Å². The molecule has 2 heterocycles. The van der Waals surface area contributed by atoms with Crippen molar-refractivity contribution in [3.63, 3.8) is 0 Å². The third-order valence-electron chi connectivity index (χ3n) is 4.97. The van der Waals surface area contributed by atoms with Gasteiger partial charge in [-0.15, -0.1) is 10.2 Å². The number of aryl methyl sites for hydroxylation is 3. The number of nitrogens with one attached hydrogen (secondary N) is 1. The molecule has 0 bridgehead atoms. The molecule has 0 aliphatic rings. The van der Waals surface area contributed by atoms with Gasteiger partial charge in [0.2, 0.25) is 5.91 Å². The predicted molar refractivity (Wildman–Crippen MR) is 125 cm³/mol. The lowest BCUT2D eigenvalue weighted by atomic mass is 10.1. The summed E-state index contributed by atoms with van der Waals surface area (Å²) < 4.78 is 1.96. The fourth-order valence-corrected chi connectivity index (χ4v) is 3.87. The molecule has 4 aromatic rings. The summed E-state index contributed by atoms with van der Waals surface area (Å²) in [6, 6.07) is 17.9. The number of amides is 1. The SMILES string of the molecule is Cc1ccc(-n2c(SCC(=O)Nc3ccc(C)c(C)c3)nnc2-c2cccnc2)cc1. The van der Waals surface area contributed by atoms with Crippen LogP contribution in [0.2, 0.25) is 0 Å². The lowest BCUT2D eigenvalue weighted by Crippen LogP contribution is -2.14. The van der Waals surface area contributed by atoms with Gasteiger partial charge in [0, 0.05) is 29.3 Å². The van der Waals surface area contributed by atoms with Crippen molar-refractivity contribution in [2.75, 3.05) is 11.1 Å². The lowest BCUT2D eigenvalue weighted by Gasteiger charge is -2.11. The summed E-state index contributed by atoms with van der Waals surface area (Å²) in [5.74, 6) is 0.827. The summed E-state index contributed by atoms with van der Waals surface area (Å²) in [4.78, 5) is 16.8. The van der Waals surface area contributed by atoms with Crippen molar-refractivity contribution in [3.05, 3.63) is 83.7 Å². The van der Waals surface area contributed by atoms with Gasteiger partial charge in [-0.2, -0.15) is 0 Å². The number of carbonyl (C=O) groups excluding carboxylic acids is 1. The fraction of sp³-hybridized carbons (Fsp3) is 0.167. The Morgan fingerprint density at radius 2 is 1.81 bits per heavy atom. The molecular weight excluding hydrogens is 406 g/mol. The van der Waals surface area contributed by atoms with Crippen molar-refractivity contribution in [1.29, 1.82) is 0 Å². The van der Waals surface area contributed by atoms with Crippen molar-refractivity contribution < 1.29 is 4.79 Å². The minimum Gasteiger partial charge on any atom is -0.325 e. The van der Waals surface area contributed by atoms with Gasteiger partial charge in [0.1, 0.15) is 0 Å². The third-order valence-corrected chi connectivity index (χ3v) is 5.90. The number of rotatable bonds is 6. The first-order valence-electron chi connectivity index (χ1n) is 9.94. The van der Waals surface area contributed by atoms with Crippen molar-refractivity contribution in [2.24, 2.45) is 0 Å². The van der Waals surface area contributed by atoms with Gasteiger partial charge >= 0.3 is 0 Å². The monoisotopic (exact) mass is 429 g/mol. The first kappa shape index (κ1) is 20.8. The quantitative estimate of drug-likeness (QED) is 0.437. The number of thioether (sulfide) groups is 1. The zero-order chi connectivity index (χ0) is 21.8. The number of hydrogen-bond acceptors (Lipinski definition) is 5. The van der Waals surface area contributed by atoms with Crippen molar-refractivity contribution in [3.8, 4) is 17.1 Å². The van der Waals surface area contributed by atoms with E-state index in [0.29, 0.717) is 11.0 Å². The maximum atomic E-state index is 12.6. The zero-order valence-corrected chi connectivity index (χ0v) is 18.5. The Balaban J connectivity index is 1.57. The van der Waals surface area contributed by atoms with Gasteiger partial charge in [0.05, 0.1) is 5.75 Å². The molecule has 2 aromatic carbocycles. The van der Waals surface area contributed by atoms with E-state index in [9.17, 15) is 4.79 Å². The molecule has 31 heavy (non-hydrogen) atoms. The van der Waals surface area contributed by atoms with E-state index in [1.165, 1.54) is 22.9 Å². The molecule has 6 nitrogen and oxygen atoms in total. The first-order valence-corrected chi connectivity index (χ1v) is 10.9. The molecule has 0 saturated carbocycles. The predicted octanol–water partition coefficient (Wildman–Crippen LogP) is 4.99. The summed E-state index contributed by atoms with van der Waals surface area (Å²) in [5.41, 5.74) is 6.10. The first-order chi connectivity index (χ1) is 15.0. The van der Waals surface area contributed by atoms with E-state index in [0.717, 1.165) is 22.5 Å². The van der Waals surface area contributed by atoms with Crippen LogP contribution in [0.15, 0.2) is 72.1 Å². The summed E-state index contributed by atoms with van der Waals surface area (Å²) >= 11 is 1.35. The molecule has 0 unspecified atom stereocenters. The van der Waals surface area contributed by atoms with E-state index in [1.54, 1.807) is 12.4 Å². The molecular formula is C24H23N5OS. The van der Waals surface area contributed by atoms with E-state index in [4.69, 9.17) is 0 Å². The van der Waals surface area contributed by atoms with Crippen LogP contribution in [0, 0.1) is 20.8 Å². The average Bonchev–Trinajstić information content (AvgIpc) is 3.20. The number of benzene rings is 2. The molecule has 0 fully saturated rings. The van der Waals surface area contributed by atoms with Crippen molar-refractivity contribution in [1.82, 2.24) is 19.7 Å². The topological polar surface area (TPSA) is 72.7 Å². The number of nitrogens with zero attached hydrogens (tertiary/aromatic N) is 4. The van der Waals surface area contributed by atoms with E-state index >= 15 is 0 Å². The average molecular weight is 430 g/mol. The normalized spacial score (nSPS) is 10.8. The molecule has 7 heteroatoms. The summed E-state index contributed by atoms with van der Waals surface area (Å²) in [5, 5.41) is 12.4. The molecule has 1 amide bonds. The summed E-state index contributed by atoms with van der Waals surface area (Å²) in [7, 11) is 0. The van der Waals surface area contributed by atoms with Gasteiger partial charge in [0.25, 0.3) is 0 Å². The highest BCUT2D eigenvalue weighted by Gasteiger charge is 2.17. The van der Waals surface area contributed by atoms with E-state index in [-0.39, 0.29) is 11.7 Å². The second-order valence-corrected chi connectivity index (χ2v) is 8.30. The Hall–Kier alpha value is -3.45. The fourth-order valence-electron chi connectivity index (χ4n) is 3.12. The van der Waals surface area contributed by atoms with Crippen LogP contribution in [0.1, 0.15) is 16.7 Å². The minimum atomic E-state index is -0.0883. The van der Waals surface area contributed by atoms with Gasteiger partial charge in [0.15, 0.2) is 11.0 Å². The van der Waals surface area contributed by atoms with Crippen molar-refractivity contribution >= 4 is 23.4 Å². The van der Waals surface area contributed by atoms with Gasteiger partial charge < -0.3 is 5.32 Å². The highest BCUT2D eigenvalue weighted by atomic mass is 32.2. The molecule has 0 aliphatic carbocycles. The lowest BCUT2D eigenvalue weighted by molar-refractivity contribution is -0.113. The molecule has 0 saturated heterocycles. The Kier molecular flexibility index (Phi) is 6.13. The smallest absolute Gasteiger partial charge is 0.234 e. The Morgan fingerprint density at radius 1 is 1.00 bits per heavy atom.